The van der Waals surface area contributed by atoms with E-state index in [9.17, 15) is 19.8 Å². The first kappa shape index (κ1) is 43.9. The summed E-state index contributed by atoms with van der Waals surface area (Å²) in [4.78, 5) is 23.9. The summed E-state index contributed by atoms with van der Waals surface area (Å²) in [6, 6.07) is 14.2. The highest BCUT2D eigenvalue weighted by Crippen LogP contribution is 2.46. The van der Waals surface area contributed by atoms with Crippen LogP contribution in [-0.2, 0) is 19.1 Å². The highest BCUT2D eigenvalue weighted by atomic mass is 19.1. The molecule has 0 heterocycles. The van der Waals surface area contributed by atoms with Gasteiger partial charge in [-0.3, -0.25) is 0 Å². The van der Waals surface area contributed by atoms with Gasteiger partial charge < -0.3 is 38.6 Å². The van der Waals surface area contributed by atoms with E-state index in [1.807, 2.05) is 18.2 Å². The van der Waals surface area contributed by atoms with Crippen LogP contribution < -0.4 is 18.9 Å². The van der Waals surface area contributed by atoms with E-state index in [0.717, 1.165) is 37.2 Å². The lowest BCUT2D eigenvalue weighted by molar-refractivity contribution is -0.140. The van der Waals surface area contributed by atoms with Gasteiger partial charge >= 0.3 is 11.9 Å². The van der Waals surface area contributed by atoms with Crippen LogP contribution >= 0.6 is 0 Å². The molecule has 0 atom stereocenters. The Morgan fingerprint density at radius 2 is 1.32 bits per heavy atom. The highest BCUT2D eigenvalue weighted by Gasteiger charge is 2.24. The second-order valence-electron chi connectivity index (χ2n) is 14.1. The smallest absolute Gasteiger partial charge is 0.333 e. The van der Waals surface area contributed by atoms with E-state index >= 15 is 4.39 Å². The van der Waals surface area contributed by atoms with Crippen molar-refractivity contribution in [2.75, 3.05) is 52.9 Å². The van der Waals surface area contributed by atoms with Crippen molar-refractivity contribution < 1.29 is 52.6 Å². The molecule has 2 N–H and O–H groups in total. The molecule has 4 rings (SSSR count). The zero-order valence-corrected chi connectivity index (χ0v) is 33.0. The van der Waals surface area contributed by atoms with E-state index in [1.165, 1.54) is 12.8 Å². The van der Waals surface area contributed by atoms with Gasteiger partial charge in [0.1, 0.15) is 38.9 Å². The van der Waals surface area contributed by atoms with E-state index < -0.39 is 11.9 Å². The van der Waals surface area contributed by atoms with Crippen LogP contribution in [0.25, 0.3) is 22.3 Å². The minimum atomic E-state index is -0.545. The van der Waals surface area contributed by atoms with Crippen LogP contribution in [0.1, 0.15) is 83.6 Å². The van der Waals surface area contributed by atoms with Crippen molar-refractivity contribution in [2.24, 2.45) is 5.92 Å². The molecule has 10 nitrogen and oxygen atoms in total. The third-order valence-electron chi connectivity index (χ3n) is 9.62. The molecular formula is C45H57FO10. The molecule has 3 aromatic carbocycles. The first-order chi connectivity index (χ1) is 27.1. The molecule has 1 saturated carbocycles. The summed E-state index contributed by atoms with van der Waals surface area (Å²) in [5.74, 6) is 0.923. The number of carbonyl (C=O) groups excluding carboxylic acids is 2. The van der Waals surface area contributed by atoms with Gasteiger partial charge in [0.25, 0.3) is 0 Å². The molecule has 11 heteroatoms. The number of hydrogen-bond donors (Lipinski definition) is 2. The van der Waals surface area contributed by atoms with Gasteiger partial charge in [0.05, 0.1) is 13.2 Å². The van der Waals surface area contributed by atoms with Gasteiger partial charge in [0, 0.05) is 28.9 Å². The fourth-order valence-corrected chi connectivity index (χ4v) is 6.71. The summed E-state index contributed by atoms with van der Waals surface area (Å²) in [5, 5.41) is 19.0. The zero-order chi connectivity index (χ0) is 40.5. The molecule has 0 aliphatic heterocycles. The third-order valence-corrected chi connectivity index (χ3v) is 9.62. The fourth-order valence-electron chi connectivity index (χ4n) is 6.71. The maximum atomic E-state index is 16.3. The molecule has 0 aromatic heterocycles. The van der Waals surface area contributed by atoms with Crippen LogP contribution in [0, 0.1) is 11.7 Å². The van der Waals surface area contributed by atoms with Crippen molar-refractivity contribution in [3.05, 3.63) is 84.2 Å². The zero-order valence-electron chi connectivity index (χ0n) is 33.0. The number of aliphatic hydroxyl groups is 2. The van der Waals surface area contributed by atoms with Crippen LogP contribution in [0.3, 0.4) is 0 Å². The molecule has 3 aromatic rings. The SMILES string of the molecule is C=C(C)C(=O)OCCOc1ccc(-c2cc(-c3ccc(C4CCC(CCC)CC4)cc3F)cc(OCCOC(=O)C(=C)C)c2OCCCCO)cc1OCCO. The number of carbonyl (C=O) groups is 2. The van der Waals surface area contributed by atoms with E-state index in [0.29, 0.717) is 64.0 Å². The van der Waals surface area contributed by atoms with Gasteiger partial charge in [-0.15, -0.1) is 0 Å². The topological polar surface area (TPSA) is 130 Å². The van der Waals surface area contributed by atoms with Gasteiger partial charge in [-0.25, -0.2) is 14.0 Å². The van der Waals surface area contributed by atoms with Crippen LogP contribution in [0.4, 0.5) is 4.39 Å². The fraction of sp³-hybridized carbons (Fsp3) is 0.467. The van der Waals surface area contributed by atoms with Gasteiger partial charge in [-0.1, -0.05) is 51.1 Å². The maximum Gasteiger partial charge on any atom is 0.333 e. The second-order valence-corrected chi connectivity index (χ2v) is 14.1. The van der Waals surface area contributed by atoms with Crippen LogP contribution in [0.5, 0.6) is 23.0 Å². The van der Waals surface area contributed by atoms with E-state index in [-0.39, 0.29) is 69.8 Å². The molecule has 0 saturated heterocycles. The lowest BCUT2D eigenvalue weighted by Gasteiger charge is -2.28. The number of halogens is 1. The number of benzene rings is 3. The third kappa shape index (κ3) is 12.8. The summed E-state index contributed by atoms with van der Waals surface area (Å²) >= 11 is 0. The van der Waals surface area contributed by atoms with Crippen molar-refractivity contribution in [3.63, 3.8) is 0 Å². The van der Waals surface area contributed by atoms with E-state index in [4.69, 9.17) is 28.4 Å². The number of rotatable bonds is 23. The predicted molar refractivity (Wildman–Crippen MR) is 214 cm³/mol. The first-order valence-electron chi connectivity index (χ1n) is 19.6. The molecule has 304 valence electrons. The molecule has 0 unspecified atom stereocenters. The second kappa shape index (κ2) is 22.6. The van der Waals surface area contributed by atoms with Crippen LogP contribution in [0.15, 0.2) is 72.8 Å². The quantitative estimate of drug-likeness (QED) is 0.0548. The molecule has 0 amide bonds. The van der Waals surface area contributed by atoms with Crippen molar-refractivity contribution in [3.8, 4) is 45.3 Å². The number of esters is 2. The van der Waals surface area contributed by atoms with Crippen molar-refractivity contribution in [1.29, 1.82) is 0 Å². The molecule has 1 aliphatic rings. The first-order valence-corrected chi connectivity index (χ1v) is 19.6. The normalized spacial score (nSPS) is 15.1. The Kier molecular flexibility index (Phi) is 17.7. The van der Waals surface area contributed by atoms with Crippen molar-refractivity contribution in [1.82, 2.24) is 0 Å². The van der Waals surface area contributed by atoms with Gasteiger partial charge in [0.2, 0.25) is 0 Å². The highest BCUT2D eigenvalue weighted by molar-refractivity contribution is 5.87. The molecule has 56 heavy (non-hydrogen) atoms. The van der Waals surface area contributed by atoms with E-state index in [1.54, 1.807) is 44.2 Å². The standard InChI is InChI=1S/C45H57FO10/c1-6-9-32-10-12-33(13-11-32)34-14-16-37(39(46)27-34)36-26-38(43(54-20-8-7-18-47)42(29-36)53-23-25-56-45(50)31(4)5)35-15-17-40(41(28-35)51-21-19-48)52-22-24-55-44(49)30(2)3/h14-17,26-29,32-33,47-48H,2,4,6-13,18-25H2,1,3,5H3. The Morgan fingerprint density at radius 3 is 1.93 bits per heavy atom. The van der Waals surface area contributed by atoms with Crippen molar-refractivity contribution in [2.45, 2.75) is 78.1 Å². The van der Waals surface area contributed by atoms with Gasteiger partial charge in [-0.2, -0.15) is 0 Å². The number of aliphatic hydroxyl groups excluding tert-OH is 2. The summed E-state index contributed by atoms with van der Waals surface area (Å²) in [6.07, 6.45) is 7.90. The lowest BCUT2D eigenvalue weighted by Crippen LogP contribution is -2.13. The Bertz CT molecular complexity index is 1780. The molecule has 0 radical (unpaired) electrons. The van der Waals surface area contributed by atoms with Crippen LogP contribution in [0.2, 0.25) is 0 Å². The monoisotopic (exact) mass is 776 g/mol. The average molecular weight is 777 g/mol. The Labute approximate surface area is 330 Å². The molecule has 1 fully saturated rings. The lowest BCUT2D eigenvalue weighted by atomic mass is 9.77. The van der Waals surface area contributed by atoms with Crippen LogP contribution in [-0.4, -0.2) is 75.0 Å². The minimum absolute atomic E-state index is 0.00145. The summed E-state index contributed by atoms with van der Waals surface area (Å²) in [6.45, 7) is 12.4. The molecule has 1 aliphatic carbocycles. The predicted octanol–water partition coefficient (Wildman–Crippen LogP) is 8.75. The average Bonchev–Trinajstić information content (AvgIpc) is 3.19. The number of ether oxygens (including phenoxy) is 6. The van der Waals surface area contributed by atoms with Gasteiger partial charge in [-0.05, 0) is 111 Å². The summed E-state index contributed by atoms with van der Waals surface area (Å²) in [7, 11) is 0. The van der Waals surface area contributed by atoms with Gasteiger partial charge in [0.15, 0.2) is 23.0 Å². The Morgan fingerprint density at radius 1 is 0.679 bits per heavy atom. The Balaban J connectivity index is 1.76. The van der Waals surface area contributed by atoms with E-state index in [2.05, 4.69) is 20.1 Å². The maximum absolute atomic E-state index is 16.3. The largest absolute Gasteiger partial charge is 0.489 e. The molecule has 0 spiro atoms. The minimum Gasteiger partial charge on any atom is -0.489 e. The molecular weight excluding hydrogens is 719 g/mol. The Hall–Kier alpha value is -4.87. The summed E-state index contributed by atoms with van der Waals surface area (Å²) in [5.41, 5.74) is 3.60. The summed E-state index contributed by atoms with van der Waals surface area (Å²) < 4.78 is 51.0. The number of unbranched alkanes of at least 4 members (excludes halogenated alkanes) is 1. The molecule has 0 bridgehead atoms. The van der Waals surface area contributed by atoms with Crippen molar-refractivity contribution >= 4 is 11.9 Å². The number of hydrogen-bond acceptors (Lipinski definition) is 10.